The van der Waals surface area contributed by atoms with Gasteiger partial charge in [-0.3, -0.25) is 4.79 Å². The monoisotopic (exact) mass is 314 g/mol. The van der Waals surface area contributed by atoms with Crippen LogP contribution in [-0.2, 0) is 0 Å². The Bertz CT molecular complexity index is 479. The van der Waals surface area contributed by atoms with Crippen LogP contribution in [0.2, 0.25) is 10.0 Å². The molecule has 1 saturated heterocycles. The number of carbonyl (C=O) groups is 1. The van der Waals surface area contributed by atoms with Crippen LogP contribution in [0.25, 0.3) is 0 Å². The number of benzene rings is 1. The molecule has 1 amide bonds. The van der Waals surface area contributed by atoms with Crippen LogP contribution in [0.5, 0.6) is 0 Å². The maximum atomic E-state index is 12.6. The summed E-state index contributed by atoms with van der Waals surface area (Å²) in [6.45, 7) is 1.75. The quantitative estimate of drug-likeness (QED) is 0.921. The van der Waals surface area contributed by atoms with Crippen molar-refractivity contribution in [2.45, 2.75) is 31.7 Å². The van der Waals surface area contributed by atoms with Crippen LogP contribution < -0.4 is 5.32 Å². The molecule has 110 valence electrons. The molecule has 2 rings (SSSR count). The number of piperidine rings is 1. The number of halogens is 2. The van der Waals surface area contributed by atoms with E-state index in [2.05, 4.69) is 5.32 Å². The van der Waals surface area contributed by atoms with Gasteiger partial charge in [-0.2, -0.15) is 0 Å². The molecule has 1 unspecified atom stereocenters. The van der Waals surface area contributed by atoms with Gasteiger partial charge in [-0.15, -0.1) is 0 Å². The lowest BCUT2D eigenvalue weighted by atomic mass is 9.98. The zero-order valence-electron chi connectivity index (χ0n) is 11.7. The van der Waals surface area contributed by atoms with Gasteiger partial charge in [-0.1, -0.05) is 23.2 Å². The summed E-state index contributed by atoms with van der Waals surface area (Å²) in [7, 11) is 1.94. The minimum Gasteiger partial charge on any atom is -0.336 e. The number of hydrogen-bond donors (Lipinski definition) is 1. The molecular weight excluding hydrogens is 295 g/mol. The van der Waals surface area contributed by atoms with Gasteiger partial charge in [-0.25, -0.2) is 0 Å². The van der Waals surface area contributed by atoms with Crippen molar-refractivity contribution in [3.8, 4) is 0 Å². The van der Waals surface area contributed by atoms with Crippen LogP contribution in [0.15, 0.2) is 18.2 Å². The van der Waals surface area contributed by atoms with Gasteiger partial charge in [0.2, 0.25) is 0 Å². The van der Waals surface area contributed by atoms with Crippen LogP contribution >= 0.6 is 23.2 Å². The summed E-state index contributed by atoms with van der Waals surface area (Å²) in [6, 6.07) is 5.41. The molecular formula is C15H20Cl2N2O. The molecule has 3 nitrogen and oxygen atoms in total. The van der Waals surface area contributed by atoms with Crippen LogP contribution in [0, 0.1) is 0 Å². The van der Waals surface area contributed by atoms with E-state index in [1.165, 1.54) is 6.42 Å². The molecule has 0 radical (unpaired) electrons. The molecule has 20 heavy (non-hydrogen) atoms. The molecule has 0 aromatic heterocycles. The van der Waals surface area contributed by atoms with Gasteiger partial charge in [0.05, 0.1) is 10.0 Å². The third-order valence-electron chi connectivity index (χ3n) is 3.78. The van der Waals surface area contributed by atoms with Gasteiger partial charge >= 0.3 is 0 Å². The first-order valence-electron chi connectivity index (χ1n) is 7.04. The van der Waals surface area contributed by atoms with Crippen molar-refractivity contribution < 1.29 is 4.79 Å². The van der Waals surface area contributed by atoms with E-state index in [1.807, 2.05) is 11.9 Å². The molecule has 0 saturated carbocycles. The largest absolute Gasteiger partial charge is 0.336 e. The predicted molar refractivity (Wildman–Crippen MR) is 83.7 cm³/mol. The average molecular weight is 315 g/mol. The van der Waals surface area contributed by atoms with E-state index in [9.17, 15) is 4.79 Å². The molecule has 1 aromatic carbocycles. The SMILES string of the molecule is CNCCC1CCCCN1C(=O)c1ccc(Cl)c(Cl)c1. The van der Waals surface area contributed by atoms with E-state index in [0.717, 1.165) is 32.4 Å². The molecule has 0 bridgehead atoms. The Morgan fingerprint density at radius 2 is 2.15 bits per heavy atom. The second-order valence-electron chi connectivity index (χ2n) is 5.17. The Morgan fingerprint density at radius 1 is 1.35 bits per heavy atom. The van der Waals surface area contributed by atoms with Crippen molar-refractivity contribution in [2.75, 3.05) is 20.1 Å². The first kappa shape index (κ1) is 15.6. The first-order chi connectivity index (χ1) is 9.63. The molecule has 0 aliphatic carbocycles. The van der Waals surface area contributed by atoms with Crippen molar-refractivity contribution in [1.29, 1.82) is 0 Å². The molecule has 1 fully saturated rings. The van der Waals surface area contributed by atoms with E-state index >= 15 is 0 Å². The highest BCUT2D eigenvalue weighted by Crippen LogP contribution is 2.26. The fraction of sp³-hybridized carbons (Fsp3) is 0.533. The molecule has 1 N–H and O–H groups in total. The Kier molecular flexibility index (Phi) is 5.70. The number of amides is 1. The van der Waals surface area contributed by atoms with Crippen LogP contribution in [0.3, 0.4) is 0 Å². The standard InChI is InChI=1S/C15H20Cl2N2O/c1-18-8-7-12-4-2-3-9-19(12)15(20)11-5-6-13(16)14(17)10-11/h5-6,10,12,18H,2-4,7-9H2,1H3. The van der Waals surface area contributed by atoms with E-state index in [0.29, 0.717) is 21.7 Å². The number of nitrogens with zero attached hydrogens (tertiary/aromatic N) is 1. The number of likely N-dealkylation sites (tertiary alicyclic amines) is 1. The van der Waals surface area contributed by atoms with Gasteiger partial charge in [0.15, 0.2) is 0 Å². The summed E-state index contributed by atoms with van der Waals surface area (Å²) in [5, 5.41) is 4.07. The summed E-state index contributed by atoms with van der Waals surface area (Å²) >= 11 is 11.9. The Morgan fingerprint density at radius 3 is 2.85 bits per heavy atom. The summed E-state index contributed by atoms with van der Waals surface area (Å²) in [5.41, 5.74) is 0.621. The lowest BCUT2D eigenvalue weighted by molar-refractivity contribution is 0.0602. The smallest absolute Gasteiger partial charge is 0.254 e. The summed E-state index contributed by atoms with van der Waals surface area (Å²) < 4.78 is 0. The summed E-state index contributed by atoms with van der Waals surface area (Å²) in [4.78, 5) is 14.6. The van der Waals surface area contributed by atoms with Gasteiger partial charge in [0, 0.05) is 18.2 Å². The lowest BCUT2D eigenvalue weighted by Gasteiger charge is -2.36. The Hall–Kier alpha value is -0.770. The van der Waals surface area contributed by atoms with Gasteiger partial charge in [0.1, 0.15) is 0 Å². The second kappa shape index (κ2) is 7.30. The maximum absolute atomic E-state index is 12.6. The van der Waals surface area contributed by atoms with Gasteiger partial charge in [-0.05, 0) is 57.5 Å². The third-order valence-corrected chi connectivity index (χ3v) is 4.52. The van der Waals surface area contributed by atoms with E-state index in [-0.39, 0.29) is 5.91 Å². The fourth-order valence-electron chi connectivity index (χ4n) is 2.67. The topological polar surface area (TPSA) is 32.3 Å². The van der Waals surface area contributed by atoms with E-state index in [1.54, 1.807) is 18.2 Å². The molecule has 1 aliphatic heterocycles. The highest BCUT2D eigenvalue weighted by atomic mass is 35.5. The summed E-state index contributed by atoms with van der Waals surface area (Å²) in [5.74, 6) is 0.0596. The molecule has 1 aromatic rings. The molecule has 5 heteroatoms. The van der Waals surface area contributed by atoms with Crippen molar-refractivity contribution >= 4 is 29.1 Å². The number of rotatable bonds is 4. The minimum absolute atomic E-state index is 0.0596. The fourth-order valence-corrected chi connectivity index (χ4v) is 2.97. The van der Waals surface area contributed by atoms with Crippen molar-refractivity contribution in [3.63, 3.8) is 0 Å². The zero-order chi connectivity index (χ0) is 14.5. The minimum atomic E-state index is 0.0596. The van der Waals surface area contributed by atoms with Gasteiger partial charge < -0.3 is 10.2 Å². The van der Waals surface area contributed by atoms with Gasteiger partial charge in [0.25, 0.3) is 5.91 Å². The molecule has 1 heterocycles. The Balaban J connectivity index is 2.14. The molecule has 1 aliphatic rings. The van der Waals surface area contributed by atoms with E-state index < -0.39 is 0 Å². The van der Waals surface area contributed by atoms with Crippen molar-refractivity contribution in [3.05, 3.63) is 33.8 Å². The van der Waals surface area contributed by atoms with E-state index in [4.69, 9.17) is 23.2 Å². The number of nitrogens with one attached hydrogen (secondary N) is 1. The van der Waals surface area contributed by atoms with Crippen LogP contribution in [-0.4, -0.2) is 37.0 Å². The maximum Gasteiger partial charge on any atom is 0.254 e. The van der Waals surface area contributed by atoms with Crippen LogP contribution in [0.1, 0.15) is 36.0 Å². The normalized spacial score (nSPS) is 19.1. The summed E-state index contributed by atoms with van der Waals surface area (Å²) in [6.07, 6.45) is 4.33. The number of carbonyl (C=O) groups excluding carboxylic acids is 1. The molecule has 0 spiro atoms. The lowest BCUT2D eigenvalue weighted by Crippen LogP contribution is -2.44. The number of hydrogen-bond acceptors (Lipinski definition) is 2. The first-order valence-corrected chi connectivity index (χ1v) is 7.79. The zero-order valence-corrected chi connectivity index (χ0v) is 13.2. The van der Waals surface area contributed by atoms with Crippen molar-refractivity contribution in [2.24, 2.45) is 0 Å². The van der Waals surface area contributed by atoms with Crippen molar-refractivity contribution in [1.82, 2.24) is 10.2 Å². The predicted octanol–water partition coefficient (Wildman–Crippen LogP) is 3.60. The second-order valence-corrected chi connectivity index (χ2v) is 5.98. The highest BCUT2D eigenvalue weighted by molar-refractivity contribution is 6.42. The average Bonchev–Trinajstić information content (AvgIpc) is 2.47. The van der Waals surface area contributed by atoms with Crippen LogP contribution in [0.4, 0.5) is 0 Å². The Labute approximate surface area is 130 Å². The third kappa shape index (κ3) is 3.66. The molecule has 1 atom stereocenters. The highest BCUT2D eigenvalue weighted by Gasteiger charge is 2.27.